The molecule has 0 aliphatic carbocycles. The lowest BCUT2D eigenvalue weighted by Crippen LogP contribution is -2.38. The number of fused-ring (bicyclic) bond motifs is 1. The second kappa shape index (κ2) is 8.11. The largest absolute Gasteiger partial charge is 0.339 e. The van der Waals surface area contributed by atoms with Crippen molar-refractivity contribution < 1.29 is 4.79 Å². The Morgan fingerprint density at radius 3 is 2.33 bits per heavy atom. The molecule has 0 bridgehead atoms. The van der Waals surface area contributed by atoms with E-state index in [4.69, 9.17) is 0 Å². The predicted molar refractivity (Wildman–Crippen MR) is 117 cm³/mol. The molecular formula is C25H24N4O. The summed E-state index contributed by atoms with van der Waals surface area (Å²) in [7, 11) is 0. The van der Waals surface area contributed by atoms with Crippen LogP contribution in [0.1, 0.15) is 28.8 Å². The number of carbonyl (C=O) groups excluding carboxylic acids is 1. The first-order chi connectivity index (χ1) is 14.8. The zero-order valence-corrected chi connectivity index (χ0v) is 16.8. The van der Waals surface area contributed by atoms with Gasteiger partial charge in [-0.25, -0.2) is 0 Å². The van der Waals surface area contributed by atoms with Crippen molar-refractivity contribution in [2.45, 2.75) is 19.3 Å². The van der Waals surface area contributed by atoms with Gasteiger partial charge in [-0.3, -0.25) is 9.20 Å². The fourth-order valence-corrected chi connectivity index (χ4v) is 4.28. The average Bonchev–Trinajstić information content (AvgIpc) is 3.24. The van der Waals surface area contributed by atoms with Crippen LogP contribution in [-0.2, 0) is 6.42 Å². The third kappa shape index (κ3) is 3.71. The summed E-state index contributed by atoms with van der Waals surface area (Å²) in [6.07, 6.45) is 5.09. The summed E-state index contributed by atoms with van der Waals surface area (Å²) in [5, 5.41) is 8.60. The minimum Gasteiger partial charge on any atom is -0.339 e. The molecule has 0 N–H and O–H groups in total. The fourth-order valence-electron chi connectivity index (χ4n) is 4.28. The fraction of sp³-hybridized carbons (Fsp3) is 0.240. The van der Waals surface area contributed by atoms with Gasteiger partial charge in [0.05, 0.1) is 0 Å². The first-order valence-corrected chi connectivity index (χ1v) is 10.5. The third-order valence-corrected chi connectivity index (χ3v) is 5.96. The minimum absolute atomic E-state index is 0.0833. The Kier molecular flexibility index (Phi) is 5.01. The Morgan fingerprint density at radius 2 is 1.60 bits per heavy atom. The van der Waals surface area contributed by atoms with Crippen molar-refractivity contribution in [3.05, 3.63) is 90.1 Å². The number of amides is 1. The van der Waals surface area contributed by atoms with Crippen molar-refractivity contribution in [2.75, 3.05) is 13.1 Å². The Balaban J connectivity index is 1.27. The van der Waals surface area contributed by atoms with Crippen molar-refractivity contribution in [3.63, 3.8) is 0 Å². The predicted octanol–water partition coefficient (Wildman–Crippen LogP) is 4.49. The molecule has 30 heavy (non-hydrogen) atoms. The number of hydrogen-bond donors (Lipinski definition) is 0. The van der Waals surface area contributed by atoms with Crippen LogP contribution in [0, 0.1) is 5.92 Å². The number of hydrogen-bond acceptors (Lipinski definition) is 3. The number of likely N-dealkylation sites (tertiary alicyclic amines) is 1. The Labute approximate surface area is 176 Å². The molecule has 5 rings (SSSR count). The van der Waals surface area contributed by atoms with E-state index in [1.807, 2.05) is 58.0 Å². The Hall–Kier alpha value is -3.47. The van der Waals surface area contributed by atoms with E-state index in [9.17, 15) is 4.79 Å². The number of nitrogens with zero attached hydrogens (tertiary/aromatic N) is 4. The number of aromatic nitrogens is 3. The van der Waals surface area contributed by atoms with Gasteiger partial charge in [0.15, 0.2) is 11.5 Å². The molecule has 2 aromatic heterocycles. The van der Waals surface area contributed by atoms with E-state index in [1.165, 1.54) is 5.56 Å². The lowest BCUT2D eigenvalue weighted by molar-refractivity contribution is 0.0690. The molecule has 1 saturated heterocycles. The third-order valence-electron chi connectivity index (χ3n) is 5.96. The van der Waals surface area contributed by atoms with Gasteiger partial charge in [-0.15, -0.1) is 10.2 Å². The molecule has 150 valence electrons. The second-order valence-corrected chi connectivity index (χ2v) is 7.96. The van der Waals surface area contributed by atoms with E-state index in [1.54, 1.807) is 0 Å². The highest BCUT2D eigenvalue weighted by Gasteiger charge is 2.24. The molecule has 5 nitrogen and oxygen atoms in total. The molecule has 0 unspecified atom stereocenters. The molecule has 0 saturated carbocycles. The summed E-state index contributed by atoms with van der Waals surface area (Å²) < 4.78 is 1.93. The van der Waals surface area contributed by atoms with Crippen molar-refractivity contribution >= 4 is 11.6 Å². The van der Waals surface area contributed by atoms with Gasteiger partial charge in [0.1, 0.15) is 0 Å². The number of rotatable bonds is 4. The van der Waals surface area contributed by atoms with Crippen LogP contribution in [-0.4, -0.2) is 38.5 Å². The molecule has 3 heterocycles. The van der Waals surface area contributed by atoms with Crippen LogP contribution < -0.4 is 0 Å². The van der Waals surface area contributed by atoms with Gasteiger partial charge >= 0.3 is 0 Å². The molecule has 1 fully saturated rings. The van der Waals surface area contributed by atoms with Crippen LogP contribution in [0.25, 0.3) is 17.0 Å². The maximum Gasteiger partial charge on any atom is 0.254 e. The average molecular weight is 396 g/mol. The van der Waals surface area contributed by atoms with Crippen LogP contribution in [0.5, 0.6) is 0 Å². The maximum absolute atomic E-state index is 13.1. The molecule has 4 aromatic rings. The Bertz CT molecular complexity index is 1150. The molecule has 0 atom stereocenters. The lowest BCUT2D eigenvalue weighted by atomic mass is 9.90. The highest BCUT2D eigenvalue weighted by Crippen LogP contribution is 2.24. The van der Waals surface area contributed by atoms with E-state index < -0.39 is 0 Å². The van der Waals surface area contributed by atoms with Crippen LogP contribution in [0.15, 0.2) is 79.0 Å². The zero-order chi connectivity index (χ0) is 20.3. The van der Waals surface area contributed by atoms with E-state index in [0.717, 1.165) is 43.7 Å². The second-order valence-electron chi connectivity index (χ2n) is 7.96. The van der Waals surface area contributed by atoms with Gasteiger partial charge in [0, 0.05) is 30.4 Å². The zero-order valence-electron chi connectivity index (χ0n) is 16.8. The molecular weight excluding hydrogens is 372 g/mol. The molecule has 1 aliphatic rings. The first-order valence-electron chi connectivity index (χ1n) is 10.5. The lowest BCUT2D eigenvalue weighted by Gasteiger charge is -2.32. The number of benzene rings is 2. The first kappa shape index (κ1) is 18.6. The van der Waals surface area contributed by atoms with Gasteiger partial charge in [0.25, 0.3) is 5.91 Å². The van der Waals surface area contributed by atoms with Crippen molar-refractivity contribution in [2.24, 2.45) is 5.92 Å². The summed E-state index contributed by atoms with van der Waals surface area (Å²) in [5.74, 6) is 1.51. The summed E-state index contributed by atoms with van der Waals surface area (Å²) in [6.45, 7) is 1.62. The van der Waals surface area contributed by atoms with Crippen molar-refractivity contribution in [1.29, 1.82) is 0 Å². The number of carbonyl (C=O) groups is 1. The van der Waals surface area contributed by atoms with Crippen LogP contribution in [0.4, 0.5) is 0 Å². The normalized spacial score (nSPS) is 14.9. The summed E-state index contributed by atoms with van der Waals surface area (Å²) in [4.78, 5) is 15.0. The van der Waals surface area contributed by atoms with Crippen LogP contribution >= 0.6 is 0 Å². The summed E-state index contributed by atoms with van der Waals surface area (Å²) in [5.41, 5.74) is 3.76. The summed E-state index contributed by atoms with van der Waals surface area (Å²) >= 11 is 0. The SMILES string of the molecule is O=C(c1ccn2c(-c3ccccc3)nnc2c1)N1CCC(Cc2ccccc2)CC1. The quantitative estimate of drug-likeness (QED) is 0.511. The van der Waals surface area contributed by atoms with Gasteiger partial charge in [-0.2, -0.15) is 0 Å². The minimum atomic E-state index is 0.0833. The van der Waals surface area contributed by atoms with Gasteiger partial charge in [-0.05, 0) is 42.9 Å². The van der Waals surface area contributed by atoms with E-state index in [2.05, 4.69) is 40.5 Å². The van der Waals surface area contributed by atoms with Gasteiger partial charge in [-0.1, -0.05) is 60.7 Å². The Morgan fingerprint density at radius 1 is 0.900 bits per heavy atom. The van der Waals surface area contributed by atoms with Gasteiger partial charge < -0.3 is 4.90 Å². The number of pyridine rings is 1. The van der Waals surface area contributed by atoms with Crippen molar-refractivity contribution in [3.8, 4) is 11.4 Å². The molecule has 5 heteroatoms. The smallest absolute Gasteiger partial charge is 0.254 e. The molecule has 1 aliphatic heterocycles. The highest BCUT2D eigenvalue weighted by molar-refractivity contribution is 5.95. The summed E-state index contributed by atoms with van der Waals surface area (Å²) in [6, 6.07) is 24.3. The van der Waals surface area contributed by atoms with E-state index in [-0.39, 0.29) is 5.91 Å². The highest BCUT2D eigenvalue weighted by atomic mass is 16.2. The van der Waals surface area contributed by atoms with Gasteiger partial charge in [0.2, 0.25) is 0 Å². The van der Waals surface area contributed by atoms with Crippen LogP contribution in [0.3, 0.4) is 0 Å². The maximum atomic E-state index is 13.1. The van der Waals surface area contributed by atoms with Crippen molar-refractivity contribution in [1.82, 2.24) is 19.5 Å². The standard InChI is InChI=1S/C25H24N4O/c30-25(28-14-11-20(12-15-28)17-19-7-3-1-4-8-19)22-13-16-29-23(18-22)26-27-24(29)21-9-5-2-6-10-21/h1-10,13,16,18,20H,11-12,14-15,17H2. The van der Waals surface area contributed by atoms with E-state index in [0.29, 0.717) is 17.1 Å². The van der Waals surface area contributed by atoms with Crippen LogP contribution in [0.2, 0.25) is 0 Å². The molecule has 0 spiro atoms. The monoisotopic (exact) mass is 396 g/mol. The molecule has 2 aromatic carbocycles. The van der Waals surface area contributed by atoms with E-state index >= 15 is 0 Å². The topological polar surface area (TPSA) is 50.5 Å². The molecule has 1 amide bonds. The number of piperidine rings is 1. The molecule has 0 radical (unpaired) electrons.